The van der Waals surface area contributed by atoms with Crippen LogP contribution in [-0.2, 0) is 6.54 Å². The molecule has 0 saturated carbocycles. The lowest BCUT2D eigenvalue weighted by Gasteiger charge is -2.19. The molecule has 126 valence electrons. The molecule has 6 nitrogen and oxygen atoms in total. The van der Waals surface area contributed by atoms with E-state index in [2.05, 4.69) is 0 Å². The average Bonchev–Trinajstić information content (AvgIpc) is 2.52. The molecular formula is C16H20FNO5. The zero-order valence-corrected chi connectivity index (χ0v) is 12.7. The Labute approximate surface area is 132 Å². The highest BCUT2D eigenvalue weighted by molar-refractivity contribution is 5.35. The monoisotopic (exact) mass is 325 g/mol. The van der Waals surface area contributed by atoms with Crippen LogP contribution in [0.4, 0.5) is 4.39 Å². The molecule has 0 amide bonds. The number of aliphatic hydroxyl groups is 3. The zero-order chi connectivity index (χ0) is 17.4. The fourth-order valence-electron chi connectivity index (χ4n) is 2.01. The fourth-order valence-corrected chi connectivity index (χ4v) is 2.01. The molecule has 0 spiro atoms. The van der Waals surface area contributed by atoms with Crippen molar-refractivity contribution in [2.24, 2.45) is 0 Å². The van der Waals surface area contributed by atoms with E-state index in [0.29, 0.717) is 0 Å². The van der Waals surface area contributed by atoms with Crippen molar-refractivity contribution >= 4 is 0 Å². The van der Waals surface area contributed by atoms with Crippen molar-refractivity contribution in [3.05, 3.63) is 63.8 Å². The van der Waals surface area contributed by atoms with Crippen LogP contribution in [0.25, 0.3) is 0 Å². The molecule has 0 aliphatic heterocycles. The first-order valence-electron chi connectivity index (χ1n) is 7.04. The molecule has 1 aromatic carbocycles. The van der Waals surface area contributed by atoms with Gasteiger partial charge in [-0.1, -0.05) is 18.2 Å². The van der Waals surface area contributed by atoms with Gasteiger partial charge in [-0.25, -0.2) is 4.39 Å². The molecule has 1 aromatic heterocycles. The molecule has 7 heteroatoms. The van der Waals surface area contributed by atoms with Gasteiger partial charge in [0.15, 0.2) is 5.75 Å². The van der Waals surface area contributed by atoms with Gasteiger partial charge in [0, 0.05) is 31.0 Å². The van der Waals surface area contributed by atoms with Crippen molar-refractivity contribution in [3.63, 3.8) is 0 Å². The van der Waals surface area contributed by atoms with E-state index in [0.717, 1.165) is 6.07 Å². The zero-order valence-electron chi connectivity index (χ0n) is 12.7. The van der Waals surface area contributed by atoms with E-state index < -0.39 is 23.1 Å². The minimum absolute atomic E-state index is 0.0555. The van der Waals surface area contributed by atoms with Gasteiger partial charge in [0.25, 0.3) is 0 Å². The lowest BCUT2D eigenvalue weighted by atomic mass is 10.0. The normalized spacial score (nSPS) is 11.5. The molecule has 4 N–H and O–H groups in total. The summed E-state index contributed by atoms with van der Waals surface area (Å²) in [4.78, 5) is 11.5. The first kappa shape index (κ1) is 18.8. The minimum Gasteiger partial charge on any atom is -0.503 e. The first-order valence-corrected chi connectivity index (χ1v) is 7.04. The van der Waals surface area contributed by atoms with Crippen LogP contribution in [-0.4, -0.2) is 38.2 Å². The van der Waals surface area contributed by atoms with Gasteiger partial charge in [-0.05, 0) is 13.0 Å². The molecule has 0 aliphatic rings. The van der Waals surface area contributed by atoms with Crippen LogP contribution in [0.2, 0.25) is 0 Å². The summed E-state index contributed by atoms with van der Waals surface area (Å²) >= 11 is 0. The summed E-state index contributed by atoms with van der Waals surface area (Å²) in [7, 11) is 0. The smallest absolute Gasteiger partial charge is 0.223 e. The average molecular weight is 325 g/mol. The van der Waals surface area contributed by atoms with Crippen LogP contribution in [0.3, 0.4) is 0 Å². The van der Waals surface area contributed by atoms with Crippen molar-refractivity contribution in [3.8, 4) is 5.75 Å². The Kier molecular flexibility index (Phi) is 7.40. The van der Waals surface area contributed by atoms with Crippen LogP contribution >= 0.6 is 0 Å². The van der Waals surface area contributed by atoms with Crippen molar-refractivity contribution in [1.29, 1.82) is 0 Å². The standard InChI is InChI=1S/C14H14FNO4.C2H6O/c15-10-4-2-1-3-9(10)13(19)12-14(20)11(18)5-6-16(12)7-8-17;1-2-3/h1-6,13,17,19-20H,7-8H2;3H,2H2,1H3. The van der Waals surface area contributed by atoms with Gasteiger partial charge < -0.3 is 25.0 Å². The SMILES string of the molecule is CCO.O=c1ccn(CCO)c(C(O)c2ccccc2F)c1O. The van der Waals surface area contributed by atoms with E-state index in [1.807, 2.05) is 0 Å². The summed E-state index contributed by atoms with van der Waals surface area (Å²) in [6.45, 7) is 1.74. The Hall–Kier alpha value is -2.22. The second-order valence-electron chi connectivity index (χ2n) is 4.57. The Morgan fingerprint density at radius 1 is 1.22 bits per heavy atom. The maximum Gasteiger partial charge on any atom is 0.223 e. The van der Waals surface area contributed by atoms with Crippen molar-refractivity contribution in [2.45, 2.75) is 19.6 Å². The number of benzene rings is 1. The summed E-state index contributed by atoms with van der Waals surface area (Å²) in [5.74, 6) is -1.30. The quantitative estimate of drug-likeness (QED) is 0.665. The summed E-state index contributed by atoms with van der Waals surface area (Å²) in [6, 6.07) is 6.66. The minimum atomic E-state index is -1.50. The number of pyridine rings is 1. The van der Waals surface area contributed by atoms with E-state index in [4.69, 9.17) is 10.2 Å². The Balaban J connectivity index is 0.000000816. The molecule has 1 unspecified atom stereocenters. The molecule has 2 aromatic rings. The topological polar surface area (TPSA) is 103 Å². The molecule has 0 saturated heterocycles. The lowest BCUT2D eigenvalue weighted by Crippen LogP contribution is -2.18. The van der Waals surface area contributed by atoms with Crippen LogP contribution < -0.4 is 5.43 Å². The highest BCUT2D eigenvalue weighted by Crippen LogP contribution is 2.28. The molecule has 23 heavy (non-hydrogen) atoms. The van der Waals surface area contributed by atoms with Gasteiger partial charge in [0.05, 0.1) is 12.3 Å². The summed E-state index contributed by atoms with van der Waals surface area (Å²) in [6.07, 6.45) is -0.172. The largest absolute Gasteiger partial charge is 0.503 e. The van der Waals surface area contributed by atoms with Crippen molar-refractivity contribution < 1.29 is 24.8 Å². The van der Waals surface area contributed by atoms with Gasteiger partial charge >= 0.3 is 0 Å². The van der Waals surface area contributed by atoms with E-state index in [-0.39, 0.29) is 31.0 Å². The second kappa shape index (κ2) is 9.04. The highest BCUT2D eigenvalue weighted by Gasteiger charge is 2.22. The second-order valence-corrected chi connectivity index (χ2v) is 4.57. The first-order chi connectivity index (χ1) is 11.0. The Bertz CT molecular complexity index is 686. The Morgan fingerprint density at radius 3 is 2.39 bits per heavy atom. The molecule has 1 heterocycles. The predicted octanol–water partition coefficient (Wildman–Crippen LogP) is 0.766. The Morgan fingerprint density at radius 2 is 1.83 bits per heavy atom. The third-order valence-electron chi connectivity index (χ3n) is 2.99. The van der Waals surface area contributed by atoms with Crippen molar-refractivity contribution in [2.75, 3.05) is 13.2 Å². The van der Waals surface area contributed by atoms with Crippen LogP contribution in [0.5, 0.6) is 5.75 Å². The summed E-state index contributed by atoms with van der Waals surface area (Å²) in [5.41, 5.74) is -0.874. The van der Waals surface area contributed by atoms with Crippen LogP contribution in [0, 0.1) is 5.82 Å². The number of hydrogen-bond donors (Lipinski definition) is 4. The van der Waals surface area contributed by atoms with E-state index in [1.165, 1.54) is 35.0 Å². The van der Waals surface area contributed by atoms with Crippen LogP contribution in [0.1, 0.15) is 24.3 Å². The molecule has 2 rings (SSSR count). The fraction of sp³-hybridized carbons (Fsp3) is 0.312. The number of aliphatic hydroxyl groups excluding tert-OH is 3. The number of nitrogens with zero attached hydrogens (tertiary/aromatic N) is 1. The van der Waals surface area contributed by atoms with E-state index in [9.17, 15) is 19.4 Å². The van der Waals surface area contributed by atoms with E-state index >= 15 is 0 Å². The summed E-state index contributed by atoms with van der Waals surface area (Å²) in [5, 5.41) is 36.6. The van der Waals surface area contributed by atoms with Crippen LogP contribution in [0.15, 0.2) is 41.3 Å². The predicted molar refractivity (Wildman–Crippen MR) is 82.7 cm³/mol. The third-order valence-corrected chi connectivity index (χ3v) is 2.99. The summed E-state index contributed by atoms with van der Waals surface area (Å²) < 4.78 is 15.0. The lowest BCUT2D eigenvalue weighted by molar-refractivity contribution is 0.192. The number of rotatable bonds is 4. The number of halogens is 1. The van der Waals surface area contributed by atoms with Gasteiger partial charge in [-0.15, -0.1) is 0 Å². The van der Waals surface area contributed by atoms with E-state index in [1.54, 1.807) is 6.92 Å². The highest BCUT2D eigenvalue weighted by atomic mass is 19.1. The van der Waals surface area contributed by atoms with Gasteiger partial charge in [0.1, 0.15) is 11.9 Å². The van der Waals surface area contributed by atoms with Gasteiger partial charge in [0.2, 0.25) is 5.43 Å². The number of hydrogen-bond acceptors (Lipinski definition) is 5. The number of aromatic nitrogens is 1. The van der Waals surface area contributed by atoms with Crippen molar-refractivity contribution in [1.82, 2.24) is 4.57 Å². The third kappa shape index (κ3) is 4.62. The molecular weight excluding hydrogens is 305 g/mol. The molecule has 0 bridgehead atoms. The molecule has 1 atom stereocenters. The maximum atomic E-state index is 13.7. The molecule has 0 radical (unpaired) electrons. The molecule has 0 aliphatic carbocycles. The van der Waals surface area contributed by atoms with Gasteiger partial charge in [-0.3, -0.25) is 4.79 Å². The number of aromatic hydroxyl groups is 1. The van der Waals surface area contributed by atoms with Gasteiger partial charge in [-0.2, -0.15) is 0 Å². The maximum absolute atomic E-state index is 13.7. The molecule has 0 fully saturated rings.